The van der Waals surface area contributed by atoms with E-state index in [1.165, 1.54) is 5.56 Å². The summed E-state index contributed by atoms with van der Waals surface area (Å²) in [6, 6.07) is 34.4. The predicted octanol–water partition coefficient (Wildman–Crippen LogP) is 6.33. The van der Waals surface area contributed by atoms with E-state index in [2.05, 4.69) is 12.1 Å². The number of rotatable bonds is 9. The highest BCUT2D eigenvalue weighted by atomic mass is 16.4. The minimum atomic E-state index is -0.947. The van der Waals surface area contributed by atoms with Crippen molar-refractivity contribution in [2.75, 3.05) is 6.54 Å². The first-order valence-corrected chi connectivity index (χ1v) is 11.4. The van der Waals surface area contributed by atoms with Gasteiger partial charge in [0.1, 0.15) is 0 Å². The van der Waals surface area contributed by atoms with Crippen molar-refractivity contribution in [2.45, 2.75) is 19.4 Å². The highest BCUT2D eigenvalue weighted by Crippen LogP contribution is 2.25. The number of aryl methyl sites for hydroxylation is 1. The number of amides is 1. The topological polar surface area (TPSA) is 57.6 Å². The van der Waals surface area contributed by atoms with Gasteiger partial charge < -0.3 is 10.0 Å². The summed E-state index contributed by atoms with van der Waals surface area (Å²) in [5, 5.41) is 9.49. The molecule has 34 heavy (non-hydrogen) atoms. The van der Waals surface area contributed by atoms with Crippen molar-refractivity contribution >= 4 is 11.9 Å². The second-order valence-electron chi connectivity index (χ2n) is 8.23. The first-order chi connectivity index (χ1) is 16.6. The first-order valence-electron chi connectivity index (χ1n) is 11.4. The van der Waals surface area contributed by atoms with Crippen LogP contribution in [0, 0.1) is 0 Å². The average molecular weight is 450 g/mol. The van der Waals surface area contributed by atoms with E-state index in [0.29, 0.717) is 24.2 Å². The number of aromatic carboxylic acids is 1. The molecule has 0 spiro atoms. The standard InChI is InChI=1S/C30H27NO3/c32-29(26-13-5-2-6-14-26)31(21-9-12-23-10-3-1-4-11-23)22-24-17-19-25(20-18-24)27-15-7-8-16-28(27)30(33)34/h1-8,10-11,13-20H,9,12,21-22H2,(H,33,34). The summed E-state index contributed by atoms with van der Waals surface area (Å²) >= 11 is 0. The smallest absolute Gasteiger partial charge is 0.336 e. The predicted molar refractivity (Wildman–Crippen MR) is 135 cm³/mol. The maximum Gasteiger partial charge on any atom is 0.336 e. The molecule has 0 atom stereocenters. The number of carboxylic acids is 1. The van der Waals surface area contributed by atoms with Crippen LogP contribution in [0.5, 0.6) is 0 Å². The van der Waals surface area contributed by atoms with Gasteiger partial charge in [-0.2, -0.15) is 0 Å². The minimum Gasteiger partial charge on any atom is -0.478 e. The molecule has 4 aromatic rings. The van der Waals surface area contributed by atoms with Crippen LogP contribution in [0.1, 0.15) is 38.3 Å². The third-order valence-corrected chi connectivity index (χ3v) is 5.84. The maximum absolute atomic E-state index is 13.3. The van der Waals surface area contributed by atoms with Crippen LogP contribution in [0.15, 0.2) is 109 Å². The molecule has 4 nitrogen and oxygen atoms in total. The Labute approximate surface area is 200 Å². The molecule has 0 radical (unpaired) electrons. The molecule has 0 aliphatic heterocycles. The quantitative estimate of drug-likeness (QED) is 0.325. The van der Waals surface area contributed by atoms with Gasteiger partial charge in [-0.1, -0.05) is 91.0 Å². The molecule has 4 aromatic carbocycles. The van der Waals surface area contributed by atoms with Gasteiger partial charge in [0, 0.05) is 18.7 Å². The molecule has 4 rings (SSSR count). The molecular formula is C30H27NO3. The summed E-state index contributed by atoms with van der Waals surface area (Å²) in [5.74, 6) is -0.938. The van der Waals surface area contributed by atoms with Crippen LogP contribution in [0.25, 0.3) is 11.1 Å². The van der Waals surface area contributed by atoms with Crippen molar-refractivity contribution in [1.82, 2.24) is 4.90 Å². The van der Waals surface area contributed by atoms with Crippen LogP contribution in [0.2, 0.25) is 0 Å². The Kier molecular flexibility index (Phi) is 7.51. The number of hydrogen-bond donors (Lipinski definition) is 1. The van der Waals surface area contributed by atoms with Gasteiger partial charge in [-0.05, 0) is 53.3 Å². The van der Waals surface area contributed by atoms with Gasteiger partial charge >= 0.3 is 5.97 Å². The zero-order chi connectivity index (χ0) is 23.8. The Bertz CT molecular complexity index is 1240. The number of carbonyl (C=O) groups is 2. The van der Waals surface area contributed by atoms with Gasteiger partial charge in [-0.3, -0.25) is 4.79 Å². The van der Waals surface area contributed by atoms with E-state index < -0.39 is 5.97 Å². The van der Waals surface area contributed by atoms with Gasteiger partial charge in [0.15, 0.2) is 0 Å². The zero-order valence-corrected chi connectivity index (χ0v) is 18.9. The fourth-order valence-electron chi connectivity index (χ4n) is 4.07. The van der Waals surface area contributed by atoms with Crippen LogP contribution in [0.3, 0.4) is 0 Å². The maximum atomic E-state index is 13.3. The van der Waals surface area contributed by atoms with Crippen molar-refractivity contribution < 1.29 is 14.7 Å². The Morgan fingerprint density at radius 2 is 1.29 bits per heavy atom. The second-order valence-corrected chi connectivity index (χ2v) is 8.23. The lowest BCUT2D eigenvalue weighted by Crippen LogP contribution is -2.31. The summed E-state index contributed by atoms with van der Waals surface area (Å²) in [6.07, 6.45) is 1.77. The molecular weight excluding hydrogens is 422 g/mol. The van der Waals surface area contributed by atoms with Crippen LogP contribution in [-0.2, 0) is 13.0 Å². The van der Waals surface area contributed by atoms with Crippen LogP contribution in [0.4, 0.5) is 0 Å². The van der Waals surface area contributed by atoms with Crippen molar-refractivity contribution in [2.24, 2.45) is 0 Å². The Hall–Kier alpha value is -4.18. The number of hydrogen-bond acceptors (Lipinski definition) is 2. The molecule has 0 unspecified atom stereocenters. The molecule has 170 valence electrons. The third kappa shape index (κ3) is 5.78. The molecule has 0 saturated carbocycles. The normalized spacial score (nSPS) is 10.6. The molecule has 0 aliphatic carbocycles. The number of benzene rings is 4. The minimum absolute atomic E-state index is 0.00830. The van der Waals surface area contributed by atoms with E-state index in [0.717, 1.165) is 24.0 Å². The fourth-order valence-corrected chi connectivity index (χ4v) is 4.07. The number of nitrogens with zero attached hydrogens (tertiary/aromatic N) is 1. The first kappa shape index (κ1) is 23.0. The molecule has 1 N–H and O–H groups in total. The van der Waals surface area contributed by atoms with Gasteiger partial charge in [0.05, 0.1) is 5.56 Å². The highest BCUT2D eigenvalue weighted by molar-refractivity contribution is 5.96. The van der Waals surface area contributed by atoms with E-state index in [9.17, 15) is 14.7 Å². The molecule has 0 bridgehead atoms. The largest absolute Gasteiger partial charge is 0.478 e. The van der Waals surface area contributed by atoms with Crippen molar-refractivity contribution in [3.05, 3.63) is 131 Å². The molecule has 1 amide bonds. The molecule has 0 aliphatic rings. The van der Waals surface area contributed by atoms with Crippen molar-refractivity contribution in [3.63, 3.8) is 0 Å². The number of carbonyl (C=O) groups excluding carboxylic acids is 1. The van der Waals surface area contributed by atoms with Crippen LogP contribution < -0.4 is 0 Å². The van der Waals surface area contributed by atoms with Crippen molar-refractivity contribution in [3.8, 4) is 11.1 Å². The Morgan fingerprint density at radius 3 is 1.97 bits per heavy atom. The van der Waals surface area contributed by atoms with Crippen LogP contribution >= 0.6 is 0 Å². The fraction of sp³-hybridized carbons (Fsp3) is 0.133. The van der Waals surface area contributed by atoms with E-state index in [-0.39, 0.29) is 11.5 Å². The molecule has 0 aromatic heterocycles. The van der Waals surface area contributed by atoms with Gasteiger partial charge in [-0.15, -0.1) is 0 Å². The van der Waals surface area contributed by atoms with Crippen LogP contribution in [-0.4, -0.2) is 28.4 Å². The molecule has 0 fully saturated rings. The van der Waals surface area contributed by atoms with Gasteiger partial charge in [-0.25, -0.2) is 4.79 Å². The lowest BCUT2D eigenvalue weighted by molar-refractivity contribution is 0.0696. The molecule has 0 heterocycles. The summed E-state index contributed by atoms with van der Waals surface area (Å²) in [5.41, 5.74) is 4.73. The lowest BCUT2D eigenvalue weighted by Gasteiger charge is -2.23. The summed E-state index contributed by atoms with van der Waals surface area (Å²) in [6.45, 7) is 1.13. The highest BCUT2D eigenvalue weighted by Gasteiger charge is 2.16. The molecule has 0 saturated heterocycles. The van der Waals surface area contributed by atoms with Crippen molar-refractivity contribution in [1.29, 1.82) is 0 Å². The SMILES string of the molecule is O=C(O)c1ccccc1-c1ccc(CN(CCCc2ccccc2)C(=O)c2ccccc2)cc1. The van der Waals surface area contributed by atoms with Gasteiger partial charge in [0.25, 0.3) is 5.91 Å². The average Bonchev–Trinajstić information content (AvgIpc) is 2.89. The number of carboxylic acid groups (broad SMARTS) is 1. The van der Waals surface area contributed by atoms with E-state index in [1.807, 2.05) is 89.8 Å². The Morgan fingerprint density at radius 1 is 0.676 bits per heavy atom. The summed E-state index contributed by atoms with van der Waals surface area (Å²) < 4.78 is 0. The zero-order valence-electron chi connectivity index (χ0n) is 18.9. The van der Waals surface area contributed by atoms with E-state index in [4.69, 9.17) is 0 Å². The third-order valence-electron chi connectivity index (χ3n) is 5.84. The Balaban J connectivity index is 1.51. The summed E-state index contributed by atoms with van der Waals surface area (Å²) in [7, 11) is 0. The van der Waals surface area contributed by atoms with E-state index in [1.54, 1.807) is 12.1 Å². The van der Waals surface area contributed by atoms with Gasteiger partial charge in [0.2, 0.25) is 0 Å². The van der Waals surface area contributed by atoms with E-state index >= 15 is 0 Å². The summed E-state index contributed by atoms with van der Waals surface area (Å²) in [4.78, 5) is 26.7. The molecule has 4 heteroatoms. The lowest BCUT2D eigenvalue weighted by atomic mass is 9.98. The second kappa shape index (κ2) is 11.1. The monoisotopic (exact) mass is 449 g/mol.